The maximum Gasteiger partial charge on any atom is 0.323 e. The Morgan fingerprint density at radius 2 is 2.00 bits per heavy atom. The molecule has 0 fully saturated rings. The number of nitrogens with zero attached hydrogens (tertiary/aromatic N) is 1. The molecule has 0 aliphatic heterocycles. The van der Waals surface area contributed by atoms with Gasteiger partial charge in [-0.05, 0) is 36.8 Å². The number of benzene rings is 2. The van der Waals surface area contributed by atoms with Crippen molar-refractivity contribution in [1.29, 1.82) is 0 Å². The van der Waals surface area contributed by atoms with E-state index in [-0.39, 0.29) is 11.6 Å². The number of anilines is 1. The van der Waals surface area contributed by atoms with Gasteiger partial charge in [0.1, 0.15) is 4.34 Å². The summed E-state index contributed by atoms with van der Waals surface area (Å²) < 4.78 is 0.990. The second kappa shape index (κ2) is 7.42. The summed E-state index contributed by atoms with van der Waals surface area (Å²) in [6.07, 6.45) is 0. The van der Waals surface area contributed by atoms with Gasteiger partial charge in [-0.15, -0.1) is 11.3 Å². The van der Waals surface area contributed by atoms with Crippen molar-refractivity contribution in [1.82, 2.24) is 15.0 Å². The van der Waals surface area contributed by atoms with E-state index < -0.39 is 0 Å². The summed E-state index contributed by atoms with van der Waals surface area (Å²) in [5.74, 6) is 0.486. The monoisotopic (exact) mass is 396 g/mol. The maximum absolute atomic E-state index is 12.8. The summed E-state index contributed by atoms with van der Waals surface area (Å²) in [6, 6.07) is 12.8. The van der Waals surface area contributed by atoms with Gasteiger partial charge in [-0.2, -0.15) is 0 Å². The van der Waals surface area contributed by atoms with Crippen LogP contribution in [0.15, 0.2) is 57.0 Å². The van der Waals surface area contributed by atoms with Crippen LogP contribution in [0, 0.1) is 6.92 Å². The molecule has 4 rings (SSSR count). The lowest BCUT2D eigenvalue weighted by molar-refractivity contribution is 0.102. The van der Waals surface area contributed by atoms with Crippen molar-refractivity contribution < 1.29 is 4.79 Å². The number of H-pyrrole nitrogens is 2. The number of aromatic amines is 2. The molecule has 0 unspecified atom stereocenters. The average Bonchev–Trinajstić information content (AvgIpc) is 3.24. The van der Waals surface area contributed by atoms with Crippen molar-refractivity contribution >= 4 is 45.7 Å². The normalized spacial score (nSPS) is 11.0. The second-order valence-electron chi connectivity index (χ2n) is 5.99. The minimum absolute atomic E-state index is 0.182. The number of imidazole rings is 1. The zero-order valence-corrected chi connectivity index (χ0v) is 16.0. The number of thioether (sulfide) groups is 1. The van der Waals surface area contributed by atoms with Crippen LogP contribution in [0.25, 0.3) is 11.0 Å². The van der Waals surface area contributed by atoms with Crippen LogP contribution in [-0.4, -0.2) is 20.9 Å². The molecule has 27 heavy (non-hydrogen) atoms. The lowest BCUT2D eigenvalue weighted by Gasteiger charge is -2.10. The Morgan fingerprint density at radius 1 is 1.19 bits per heavy atom. The first kappa shape index (κ1) is 17.6. The molecule has 0 atom stereocenters. The first-order valence-electron chi connectivity index (χ1n) is 8.25. The third kappa shape index (κ3) is 3.96. The molecule has 8 heteroatoms. The maximum atomic E-state index is 12.8. The van der Waals surface area contributed by atoms with Crippen LogP contribution >= 0.6 is 23.1 Å². The summed E-state index contributed by atoms with van der Waals surface area (Å²) in [6.45, 7) is 1.97. The Hall–Kier alpha value is -2.84. The van der Waals surface area contributed by atoms with E-state index in [0.717, 1.165) is 15.6 Å². The summed E-state index contributed by atoms with van der Waals surface area (Å²) in [5, 5.41) is 4.92. The number of amides is 1. The first-order valence-corrected chi connectivity index (χ1v) is 10.1. The van der Waals surface area contributed by atoms with Crippen LogP contribution in [0.3, 0.4) is 0 Å². The van der Waals surface area contributed by atoms with Gasteiger partial charge in [-0.3, -0.25) is 4.79 Å². The predicted molar refractivity (Wildman–Crippen MR) is 110 cm³/mol. The number of carbonyl (C=O) groups excluding carboxylic acids is 1. The van der Waals surface area contributed by atoms with Gasteiger partial charge < -0.3 is 15.3 Å². The molecule has 0 bridgehead atoms. The molecule has 0 saturated heterocycles. The van der Waals surface area contributed by atoms with E-state index in [4.69, 9.17) is 0 Å². The van der Waals surface area contributed by atoms with Crippen LogP contribution < -0.4 is 11.0 Å². The molecule has 4 aromatic rings. The summed E-state index contributed by atoms with van der Waals surface area (Å²) in [7, 11) is 0. The van der Waals surface area contributed by atoms with E-state index in [9.17, 15) is 9.59 Å². The SMILES string of the molecule is Cc1csc(SCc2ccccc2C(=O)Nc2ccc3[nH]c(=O)[nH]c3c2)n1. The molecule has 136 valence electrons. The van der Waals surface area contributed by atoms with Crippen LogP contribution in [0.2, 0.25) is 0 Å². The summed E-state index contributed by atoms with van der Waals surface area (Å²) in [5.41, 5.74) is 4.29. The Kier molecular flexibility index (Phi) is 4.83. The van der Waals surface area contributed by atoms with Crippen molar-refractivity contribution in [3.8, 4) is 0 Å². The third-order valence-electron chi connectivity index (χ3n) is 3.98. The highest BCUT2D eigenvalue weighted by molar-refractivity contribution is 8.00. The molecule has 0 saturated carbocycles. The molecule has 3 N–H and O–H groups in total. The first-order chi connectivity index (χ1) is 13.1. The minimum Gasteiger partial charge on any atom is -0.322 e. The van der Waals surface area contributed by atoms with Gasteiger partial charge in [0, 0.05) is 28.1 Å². The quantitative estimate of drug-likeness (QED) is 0.442. The number of thiazole rings is 1. The van der Waals surface area contributed by atoms with Gasteiger partial charge in [-0.25, -0.2) is 9.78 Å². The molecular weight excluding hydrogens is 380 g/mol. The lowest BCUT2D eigenvalue weighted by atomic mass is 10.1. The number of aryl methyl sites for hydroxylation is 1. The minimum atomic E-state index is -0.270. The van der Waals surface area contributed by atoms with Crippen LogP contribution in [0.4, 0.5) is 5.69 Å². The molecule has 1 amide bonds. The molecule has 2 aromatic carbocycles. The fourth-order valence-electron chi connectivity index (χ4n) is 2.71. The molecule has 0 spiro atoms. The Bertz CT molecular complexity index is 1180. The zero-order valence-electron chi connectivity index (χ0n) is 14.4. The topological polar surface area (TPSA) is 90.6 Å². The second-order valence-corrected chi connectivity index (χ2v) is 8.07. The fourth-order valence-corrected chi connectivity index (χ4v) is 4.57. The van der Waals surface area contributed by atoms with Gasteiger partial charge >= 0.3 is 5.69 Å². The highest BCUT2D eigenvalue weighted by Gasteiger charge is 2.13. The van der Waals surface area contributed by atoms with E-state index in [0.29, 0.717) is 28.0 Å². The van der Waals surface area contributed by atoms with Gasteiger partial charge in [-0.1, -0.05) is 30.0 Å². The standard InChI is InChI=1S/C19H16N4O2S2/c1-11-9-26-19(20-11)27-10-12-4-2-3-5-14(12)17(24)21-13-6-7-15-16(8-13)23-18(25)22-15/h2-9H,10H2,1H3,(H,21,24)(H2,22,23,25). The van der Waals surface area contributed by atoms with E-state index >= 15 is 0 Å². The zero-order chi connectivity index (χ0) is 18.8. The number of nitrogens with one attached hydrogen (secondary N) is 3. The molecule has 6 nitrogen and oxygen atoms in total. The highest BCUT2D eigenvalue weighted by Crippen LogP contribution is 2.27. The highest BCUT2D eigenvalue weighted by atomic mass is 32.2. The van der Waals surface area contributed by atoms with Crippen LogP contribution in [0.1, 0.15) is 21.6 Å². The Balaban J connectivity index is 1.53. The van der Waals surface area contributed by atoms with Gasteiger partial charge in [0.25, 0.3) is 5.91 Å². The Morgan fingerprint density at radius 3 is 2.81 bits per heavy atom. The van der Waals surface area contributed by atoms with Gasteiger partial charge in [0.15, 0.2) is 0 Å². The van der Waals surface area contributed by atoms with Crippen LogP contribution in [-0.2, 0) is 5.75 Å². The molecule has 0 aliphatic rings. The van der Waals surface area contributed by atoms with E-state index in [2.05, 4.69) is 20.3 Å². The lowest BCUT2D eigenvalue weighted by Crippen LogP contribution is -2.14. The van der Waals surface area contributed by atoms with Crippen LogP contribution in [0.5, 0.6) is 0 Å². The molecule has 0 aliphatic carbocycles. The van der Waals surface area contributed by atoms with Crippen molar-refractivity contribution in [2.45, 2.75) is 17.0 Å². The molecule has 2 aromatic heterocycles. The van der Waals surface area contributed by atoms with Crippen molar-refractivity contribution in [3.63, 3.8) is 0 Å². The van der Waals surface area contributed by atoms with Gasteiger partial charge in [0.2, 0.25) is 0 Å². The number of fused-ring (bicyclic) bond motifs is 1. The molecule has 2 heterocycles. The van der Waals surface area contributed by atoms with Crippen molar-refractivity contribution in [3.05, 3.63) is 75.1 Å². The van der Waals surface area contributed by atoms with E-state index in [1.165, 1.54) is 0 Å². The predicted octanol–water partition coefficient (Wildman–Crippen LogP) is 4.17. The van der Waals surface area contributed by atoms with E-state index in [1.807, 2.05) is 36.6 Å². The van der Waals surface area contributed by atoms with E-state index in [1.54, 1.807) is 41.3 Å². The summed E-state index contributed by atoms with van der Waals surface area (Å²) >= 11 is 3.23. The smallest absolute Gasteiger partial charge is 0.322 e. The average molecular weight is 396 g/mol. The van der Waals surface area contributed by atoms with Gasteiger partial charge in [0.05, 0.1) is 11.0 Å². The van der Waals surface area contributed by atoms with Crippen molar-refractivity contribution in [2.75, 3.05) is 5.32 Å². The molecule has 0 radical (unpaired) electrons. The third-order valence-corrected chi connectivity index (χ3v) is 6.17. The number of rotatable bonds is 5. The number of carbonyl (C=O) groups is 1. The largest absolute Gasteiger partial charge is 0.323 e. The van der Waals surface area contributed by atoms with Crippen molar-refractivity contribution in [2.24, 2.45) is 0 Å². The Labute approximate surface area is 163 Å². The molecular formula is C19H16N4O2S2. The summed E-state index contributed by atoms with van der Waals surface area (Å²) in [4.78, 5) is 34.0. The number of hydrogen-bond acceptors (Lipinski definition) is 5. The number of aromatic nitrogens is 3. The fraction of sp³-hybridized carbons (Fsp3) is 0.105. The number of hydrogen-bond donors (Lipinski definition) is 3.